The lowest BCUT2D eigenvalue weighted by atomic mass is 9.80. The molecule has 120 valence electrons. The van der Waals surface area contributed by atoms with Gasteiger partial charge in [-0.05, 0) is 42.9 Å². The Kier molecular flexibility index (Phi) is 4.08. The summed E-state index contributed by atoms with van der Waals surface area (Å²) in [5.74, 6) is 0.244. The number of benzene rings is 1. The first-order valence-corrected chi connectivity index (χ1v) is 7.91. The summed E-state index contributed by atoms with van der Waals surface area (Å²) in [5, 5.41) is 0. The molecule has 2 aliphatic rings. The summed E-state index contributed by atoms with van der Waals surface area (Å²) in [6, 6.07) is 4.53. The average molecular weight is 306 g/mol. The number of carbonyl (C=O) groups is 1. The number of likely N-dealkylation sites (tertiary alicyclic amines) is 1. The molecule has 1 unspecified atom stereocenters. The van der Waals surface area contributed by atoms with Crippen molar-refractivity contribution in [1.29, 1.82) is 0 Å². The van der Waals surface area contributed by atoms with Crippen molar-refractivity contribution in [2.24, 2.45) is 17.1 Å². The highest BCUT2D eigenvalue weighted by Gasteiger charge is 2.35. The molecule has 0 saturated carbocycles. The van der Waals surface area contributed by atoms with Gasteiger partial charge in [-0.25, -0.2) is 4.39 Å². The van der Waals surface area contributed by atoms with Gasteiger partial charge in [-0.1, -0.05) is 13.0 Å². The third-order valence-corrected chi connectivity index (χ3v) is 5.06. The van der Waals surface area contributed by atoms with Gasteiger partial charge in [-0.15, -0.1) is 0 Å². The van der Waals surface area contributed by atoms with Crippen LogP contribution in [0.3, 0.4) is 0 Å². The van der Waals surface area contributed by atoms with E-state index in [1.165, 1.54) is 12.1 Å². The lowest BCUT2D eigenvalue weighted by Gasteiger charge is -2.40. The van der Waals surface area contributed by atoms with E-state index in [9.17, 15) is 9.18 Å². The normalized spacial score (nSPS) is 23.6. The molecule has 1 atom stereocenters. The largest absolute Gasteiger partial charge is 0.492 e. The van der Waals surface area contributed by atoms with Crippen LogP contribution in [0.25, 0.3) is 0 Å². The number of hydrogen-bond donors (Lipinski definition) is 1. The highest BCUT2D eigenvalue weighted by Crippen LogP contribution is 2.32. The van der Waals surface area contributed by atoms with Gasteiger partial charge in [0.1, 0.15) is 18.2 Å². The summed E-state index contributed by atoms with van der Waals surface area (Å²) in [6.45, 7) is 4.71. The van der Waals surface area contributed by atoms with Gasteiger partial charge in [0.25, 0.3) is 0 Å². The summed E-state index contributed by atoms with van der Waals surface area (Å²) in [7, 11) is 0. The van der Waals surface area contributed by atoms with E-state index in [-0.39, 0.29) is 23.1 Å². The van der Waals surface area contributed by atoms with Crippen molar-refractivity contribution < 1.29 is 13.9 Å². The van der Waals surface area contributed by atoms with E-state index in [2.05, 4.69) is 6.92 Å². The Morgan fingerprint density at radius 3 is 2.86 bits per heavy atom. The molecule has 1 aromatic rings. The number of rotatable bonds is 2. The van der Waals surface area contributed by atoms with E-state index in [4.69, 9.17) is 10.5 Å². The summed E-state index contributed by atoms with van der Waals surface area (Å²) in [4.78, 5) is 14.6. The highest BCUT2D eigenvalue weighted by atomic mass is 19.1. The first kappa shape index (κ1) is 15.3. The molecule has 1 fully saturated rings. The first-order chi connectivity index (χ1) is 10.5. The van der Waals surface area contributed by atoms with Crippen LogP contribution in [0.5, 0.6) is 5.75 Å². The zero-order valence-electron chi connectivity index (χ0n) is 13.0. The Hall–Kier alpha value is -1.62. The van der Waals surface area contributed by atoms with Crippen molar-refractivity contribution in [3.05, 3.63) is 29.6 Å². The van der Waals surface area contributed by atoms with E-state index in [0.29, 0.717) is 25.3 Å². The fourth-order valence-electron chi connectivity index (χ4n) is 3.23. The lowest BCUT2D eigenvalue weighted by molar-refractivity contribution is -0.139. The molecule has 0 bridgehead atoms. The second-order valence-electron chi connectivity index (χ2n) is 6.80. The summed E-state index contributed by atoms with van der Waals surface area (Å²) >= 11 is 0. The van der Waals surface area contributed by atoms with Crippen molar-refractivity contribution in [3.8, 4) is 5.75 Å². The monoisotopic (exact) mass is 306 g/mol. The van der Waals surface area contributed by atoms with Crippen LogP contribution in [0.1, 0.15) is 25.3 Å². The number of halogens is 1. The molecule has 0 aromatic heterocycles. The quantitative estimate of drug-likeness (QED) is 0.909. The Morgan fingerprint density at radius 2 is 2.18 bits per heavy atom. The van der Waals surface area contributed by atoms with E-state index in [1.807, 2.05) is 4.90 Å². The molecule has 2 aliphatic heterocycles. The second-order valence-corrected chi connectivity index (χ2v) is 6.80. The first-order valence-electron chi connectivity index (χ1n) is 7.91. The number of nitrogens with two attached hydrogens (primary N) is 1. The molecule has 2 N–H and O–H groups in total. The molecule has 22 heavy (non-hydrogen) atoms. The minimum Gasteiger partial charge on any atom is -0.492 e. The number of fused-ring (bicyclic) bond motifs is 1. The summed E-state index contributed by atoms with van der Waals surface area (Å²) in [5.41, 5.74) is 6.88. The molecule has 1 aromatic carbocycles. The molecule has 0 radical (unpaired) electrons. The van der Waals surface area contributed by atoms with E-state index in [0.717, 1.165) is 31.5 Å². The van der Waals surface area contributed by atoms with Crippen LogP contribution < -0.4 is 10.5 Å². The van der Waals surface area contributed by atoms with Crippen molar-refractivity contribution in [1.82, 2.24) is 4.90 Å². The van der Waals surface area contributed by atoms with Crippen molar-refractivity contribution >= 4 is 5.91 Å². The van der Waals surface area contributed by atoms with Crippen molar-refractivity contribution in [2.45, 2.75) is 26.2 Å². The maximum absolute atomic E-state index is 13.2. The van der Waals surface area contributed by atoms with Gasteiger partial charge in [-0.2, -0.15) is 0 Å². The van der Waals surface area contributed by atoms with Gasteiger partial charge in [0.2, 0.25) is 5.91 Å². The zero-order chi connectivity index (χ0) is 15.7. The Balaban J connectivity index is 1.64. The van der Waals surface area contributed by atoms with Crippen LogP contribution in [-0.4, -0.2) is 37.0 Å². The third-order valence-electron chi connectivity index (χ3n) is 5.06. The van der Waals surface area contributed by atoms with Crippen LogP contribution in [-0.2, 0) is 11.2 Å². The Labute approximate surface area is 130 Å². The van der Waals surface area contributed by atoms with Crippen LogP contribution in [0.4, 0.5) is 4.39 Å². The fraction of sp³-hybridized carbons (Fsp3) is 0.588. The molecular formula is C17H23FN2O2. The number of ether oxygens (including phenoxy) is 1. The predicted molar refractivity (Wildman–Crippen MR) is 82.1 cm³/mol. The highest BCUT2D eigenvalue weighted by molar-refractivity contribution is 5.80. The van der Waals surface area contributed by atoms with Gasteiger partial charge in [-0.3, -0.25) is 4.79 Å². The zero-order valence-corrected chi connectivity index (χ0v) is 13.0. The molecule has 2 heterocycles. The van der Waals surface area contributed by atoms with Crippen molar-refractivity contribution in [2.75, 3.05) is 26.2 Å². The minimum absolute atomic E-state index is 0.147. The average Bonchev–Trinajstić information content (AvgIpc) is 2.54. The molecule has 3 rings (SSSR count). The lowest BCUT2D eigenvalue weighted by Crippen LogP contribution is -2.48. The summed E-state index contributed by atoms with van der Waals surface area (Å²) < 4.78 is 18.8. The molecule has 1 saturated heterocycles. The molecule has 1 amide bonds. The van der Waals surface area contributed by atoms with Crippen LogP contribution in [0, 0.1) is 17.2 Å². The van der Waals surface area contributed by atoms with Crippen LogP contribution >= 0.6 is 0 Å². The number of hydrogen-bond acceptors (Lipinski definition) is 3. The van der Waals surface area contributed by atoms with Gasteiger partial charge in [0.15, 0.2) is 0 Å². The molecule has 0 spiro atoms. The Bertz CT molecular complexity index is 568. The number of amides is 1. The molecule has 0 aliphatic carbocycles. The predicted octanol–water partition coefficient (Wildman–Crippen LogP) is 1.96. The van der Waals surface area contributed by atoms with Gasteiger partial charge in [0, 0.05) is 19.2 Å². The van der Waals surface area contributed by atoms with Crippen LogP contribution in [0.15, 0.2) is 18.2 Å². The van der Waals surface area contributed by atoms with E-state index < -0.39 is 0 Å². The SMILES string of the molecule is CC1(CN)CCN(C(=O)C2COc3cc(F)ccc3C2)CC1. The Morgan fingerprint density at radius 1 is 1.45 bits per heavy atom. The summed E-state index contributed by atoms with van der Waals surface area (Å²) in [6.07, 6.45) is 2.52. The van der Waals surface area contributed by atoms with Crippen LogP contribution in [0.2, 0.25) is 0 Å². The number of carbonyl (C=O) groups excluding carboxylic acids is 1. The maximum Gasteiger partial charge on any atom is 0.229 e. The third kappa shape index (κ3) is 2.95. The number of piperidine rings is 1. The minimum atomic E-state index is -0.305. The maximum atomic E-state index is 13.2. The van der Waals surface area contributed by atoms with Gasteiger partial charge in [0.05, 0.1) is 5.92 Å². The number of nitrogens with zero attached hydrogens (tertiary/aromatic N) is 1. The topological polar surface area (TPSA) is 55.6 Å². The van der Waals surface area contributed by atoms with E-state index in [1.54, 1.807) is 6.07 Å². The molecule has 4 nitrogen and oxygen atoms in total. The molecular weight excluding hydrogens is 283 g/mol. The van der Waals surface area contributed by atoms with Crippen molar-refractivity contribution in [3.63, 3.8) is 0 Å². The smallest absolute Gasteiger partial charge is 0.229 e. The fourth-order valence-corrected chi connectivity index (χ4v) is 3.23. The van der Waals surface area contributed by atoms with Gasteiger partial charge >= 0.3 is 0 Å². The standard InChI is InChI=1S/C17H23FN2O2/c1-17(11-19)4-6-20(7-5-17)16(21)13-8-12-2-3-14(18)9-15(12)22-10-13/h2-3,9,13H,4-8,10-11,19H2,1H3. The molecule has 5 heteroatoms. The van der Waals surface area contributed by atoms with E-state index >= 15 is 0 Å². The van der Waals surface area contributed by atoms with Gasteiger partial charge < -0.3 is 15.4 Å². The second kappa shape index (κ2) is 5.88.